The van der Waals surface area contributed by atoms with Gasteiger partial charge in [0.15, 0.2) is 0 Å². The van der Waals surface area contributed by atoms with Gasteiger partial charge in [0.2, 0.25) is 0 Å². The number of aryl methyl sites for hydroxylation is 1. The van der Waals surface area contributed by atoms with Gasteiger partial charge in [-0.25, -0.2) is 0 Å². The van der Waals surface area contributed by atoms with Gasteiger partial charge in [0.05, 0.1) is 0 Å². The highest BCUT2D eigenvalue weighted by Crippen LogP contribution is 2.30. The maximum atomic E-state index is 6.03. The van der Waals surface area contributed by atoms with E-state index in [1.165, 1.54) is 36.9 Å². The van der Waals surface area contributed by atoms with E-state index in [1.54, 1.807) is 0 Å². The third-order valence-corrected chi connectivity index (χ3v) is 4.29. The van der Waals surface area contributed by atoms with E-state index in [4.69, 9.17) is 5.73 Å². The predicted octanol–water partition coefficient (Wildman–Crippen LogP) is 3.12. The van der Waals surface area contributed by atoms with Crippen LogP contribution in [-0.2, 0) is 6.42 Å². The first-order valence-corrected chi connectivity index (χ1v) is 7.34. The van der Waals surface area contributed by atoms with E-state index in [9.17, 15) is 0 Å². The molecular weight excluding hydrogens is 220 g/mol. The van der Waals surface area contributed by atoms with E-state index in [0.29, 0.717) is 6.04 Å². The van der Waals surface area contributed by atoms with Crippen LogP contribution < -0.4 is 5.73 Å². The summed E-state index contributed by atoms with van der Waals surface area (Å²) in [6, 6.07) is 10.2. The van der Waals surface area contributed by atoms with Crippen LogP contribution in [0.3, 0.4) is 0 Å². The van der Waals surface area contributed by atoms with E-state index in [0.717, 1.165) is 19.0 Å². The van der Waals surface area contributed by atoms with Crippen LogP contribution in [0.2, 0.25) is 0 Å². The molecular formula is C16H26N2. The van der Waals surface area contributed by atoms with Crippen LogP contribution >= 0.6 is 0 Å². The first-order chi connectivity index (χ1) is 8.80. The van der Waals surface area contributed by atoms with Crippen molar-refractivity contribution in [1.29, 1.82) is 0 Å². The second-order valence-corrected chi connectivity index (χ2v) is 5.29. The molecule has 1 aliphatic rings. The number of rotatable bonds is 5. The Morgan fingerprint density at radius 3 is 2.56 bits per heavy atom. The highest BCUT2D eigenvalue weighted by atomic mass is 15.2. The summed E-state index contributed by atoms with van der Waals surface area (Å²) in [4.78, 5) is 2.61. The predicted molar refractivity (Wildman–Crippen MR) is 77.6 cm³/mol. The molecule has 2 N–H and O–H groups in total. The molecule has 100 valence electrons. The molecule has 2 nitrogen and oxygen atoms in total. The maximum Gasteiger partial charge on any atom is 0.0473 e. The molecule has 1 fully saturated rings. The lowest BCUT2D eigenvalue weighted by Gasteiger charge is -2.32. The van der Waals surface area contributed by atoms with Gasteiger partial charge >= 0.3 is 0 Å². The quantitative estimate of drug-likeness (QED) is 0.865. The maximum absolute atomic E-state index is 6.03. The fraction of sp³-hybridized carbons (Fsp3) is 0.625. The number of likely N-dealkylation sites (tertiary alicyclic amines) is 1. The Morgan fingerprint density at radius 1 is 1.28 bits per heavy atom. The van der Waals surface area contributed by atoms with Gasteiger partial charge in [0.25, 0.3) is 0 Å². The molecule has 1 saturated heterocycles. The van der Waals surface area contributed by atoms with Crippen LogP contribution in [0.25, 0.3) is 0 Å². The minimum absolute atomic E-state index is 0.406. The van der Waals surface area contributed by atoms with E-state index in [-0.39, 0.29) is 0 Å². The van der Waals surface area contributed by atoms with Crippen molar-refractivity contribution >= 4 is 0 Å². The molecule has 0 aromatic heterocycles. The van der Waals surface area contributed by atoms with Crippen molar-refractivity contribution in [3.63, 3.8) is 0 Å². The number of nitrogens with two attached hydrogens (primary N) is 1. The Bertz CT molecular complexity index is 358. The zero-order chi connectivity index (χ0) is 13.0. The Hall–Kier alpha value is -0.860. The van der Waals surface area contributed by atoms with Crippen molar-refractivity contribution in [2.75, 3.05) is 13.1 Å². The highest BCUT2D eigenvalue weighted by Gasteiger charge is 2.29. The second-order valence-electron chi connectivity index (χ2n) is 5.29. The summed E-state index contributed by atoms with van der Waals surface area (Å²) in [5.41, 5.74) is 8.82. The summed E-state index contributed by atoms with van der Waals surface area (Å²) < 4.78 is 0. The summed E-state index contributed by atoms with van der Waals surface area (Å²) >= 11 is 0. The van der Waals surface area contributed by atoms with Crippen LogP contribution in [-0.4, -0.2) is 24.0 Å². The molecule has 2 unspecified atom stereocenters. The first-order valence-electron chi connectivity index (χ1n) is 7.34. The molecule has 1 aromatic carbocycles. The third-order valence-electron chi connectivity index (χ3n) is 4.29. The summed E-state index contributed by atoms with van der Waals surface area (Å²) in [7, 11) is 0. The number of hydrogen-bond acceptors (Lipinski definition) is 2. The molecule has 1 aliphatic heterocycles. The molecule has 18 heavy (non-hydrogen) atoms. The normalized spacial score (nSPS) is 22.3. The van der Waals surface area contributed by atoms with Crippen molar-refractivity contribution in [3.05, 3.63) is 35.4 Å². The van der Waals surface area contributed by atoms with Gasteiger partial charge in [-0.1, -0.05) is 38.1 Å². The van der Waals surface area contributed by atoms with Gasteiger partial charge in [-0.15, -0.1) is 0 Å². The lowest BCUT2D eigenvalue weighted by molar-refractivity contribution is 0.180. The third kappa shape index (κ3) is 2.76. The Balaban J connectivity index is 2.16. The monoisotopic (exact) mass is 246 g/mol. The molecule has 0 spiro atoms. The summed E-state index contributed by atoms with van der Waals surface area (Å²) in [5.74, 6) is 0. The molecule has 0 aliphatic carbocycles. The molecule has 2 rings (SSSR count). The Kier molecular flexibility index (Phi) is 4.79. The average Bonchev–Trinajstić information content (AvgIpc) is 2.89. The topological polar surface area (TPSA) is 29.3 Å². The summed E-state index contributed by atoms with van der Waals surface area (Å²) in [5, 5.41) is 0. The number of benzene rings is 1. The van der Waals surface area contributed by atoms with E-state index >= 15 is 0 Å². The smallest absolute Gasteiger partial charge is 0.0473 e. The molecule has 0 radical (unpaired) electrons. The Morgan fingerprint density at radius 2 is 2.00 bits per heavy atom. The van der Waals surface area contributed by atoms with Gasteiger partial charge in [0.1, 0.15) is 0 Å². The van der Waals surface area contributed by atoms with Crippen LogP contribution in [0.1, 0.15) is 50.3 Å². The van der Waals surface area contributed by atoms with Crippen LogP contribution in [0, 0.1) is 0 Å². The van der Waals surface area contributed by atoms with Gasteiger partial charge < -0.3 is 5.73 Å². The minimum Gasteiger partial charge on any atom is -0.329 e. The summed E-state index contributed by atoms with van der Waals surface area (Å²) in [6.07, 6.45) is 5.00. The molecule has 0 bridgehead atoms. The minimum atomic E-state index is 0.406. The SMILES string of the molecule is CCc1ccc(C(CN)N2CCCC2CC)cc1. The van der Waals surface area contributed by atoms with E-state index < -0.39 is 0 Å². The highest BCUT2D eigenvalue weighted by molar-refractivity contribution is 5.25. The zero-order valence-corrected chi connectivity index (χ0v) is 11.7. The standard InChI is InChI=1S/C16H26N2/c1-3-13-7-9-14(10-8-13)16(12-17)18-11-5-6-15(18)4-2/h7-10,15-16H,3-6,11-12,17H2,1-2H3. The molecule has 0 amide bonds. The first kappa shape index (κ1) is 13.6. The van der Waals surface area contributed by atoms with Gasteiger partial charge in [-0.3, -0.25) is 4.90 Å². The Labute approximate surface area is 111 Å². The van der Waals surface area contributed by atoms with E-state index in [1.807, 2.05) is 0 Å². The molecule has 1 aromatic rings. The molecule has 2 heteroatoms. The number of hydrogen-bond donors (Lipinski definition) is 1. The van der Waals surface area contributed by atoms with Gasteiger partial charge in [0, 0.05) is 18.6 Å². The number of nitrogens with zero attached hydrogens (tertiary/aromatic N) is 1. The average molecular weight is 246 g/mol. The second kappa shape index (κ2) is 6.35. The fourth-order valence-corrected chi connectivity index (χ4v) is 3.15. The van der Waals surface area contributed by atoms with Crippen molar-refractivity contribution < 1.29 is 0 Å². The van der Waals surface area contributed by atoms with Crippen LogP contribution in [0.5, 0.6) is 0 Å². The lowest BCUT2D eigenvalue weighted by atomic mass is 10.0. The molecule has 0 saturated carbocycles. The van der Waals surface area contributed by atoms with Crippen LogP contribution in [0.4, 0.5) is 0 Å². The molecule has 2 atom stereocenters. The van der Waals surface area contributed by atoms with Gasteiger partial charge in [-0.2, -0.15) is 0 Å². The van der Waals surface area contributed by atoms with Crippen molar-refractivity contribution in [2.45, 2.75) is 51.6 Å². The van der Waals surface area contributed by atoms with E-state index in [2.05, 4.69) is 43.0 Å². The van der Waals surface area contributed by atoms with Crippen molar-refractivity contribution in [3.8, 4) is 0 Å². The fourth-order valence-electron chi connectivity index (χ4n) is 3.15. The zero-order valence-electron chi connectivity index (χ0n) is 11.7. The summed E-state index contributed by atoms with van der Waals surface area (Å²) in [6.45, 7) is 6.41. The van der Waals surface area contributed by atoms with Gasteiger partial charge in [-0.05, 0) is 43.4 Å². The molecule has 1 heterocycles. The lowest BCUT2D eigenvalue weighted by Crippen LogP contribution is -2.37. The van der Waals surface area contributed by atoms with Crippen molar-refractivity contribution in [2.24, 2.45) is 5.73 Å². The van der Waals surface area contributed by atoms with Crippen LogP contribution in [0.15, 0.2) is 24.3 Å². The largest absolute Gasteiger partial charge is 0.329 e. The van der Waals surface area contributed by atoms with Crippen molar-refractivity contribution in [1.82, 2.24) is 4.90 Å².